The first kappa shape index (κ1) is 22.8. The largest absolute Gasteiger partial charge is 0.489 e. The van der Waals surface area contributed by atoms with Crippen LogP contribution in [0.25, 0.3) is 5.69 Å². The Hall–Kier alpha value is -3.36. The Balaban J connectivity index is 1.65. The molecular formula is C24H21ClN4O3S. The lowest BCUT2D eigenvalue weighted by atomic mass is 10.1. The van der Waals surface area contributed by atoms with E-state index in [1.807, 2.05) is 84.3 Å². The van der Waals surface area contributed by atoms with Gasteiger partial charge in [0.2, 0.25) is 6.54 Å². The summed E-state index contributed by atoms with van der Waals surface area (Å²) in [7, 11) is 0. The van der Waals surface area contributed by atoms with Crippen molar-refractivity contribution in [3.05, 3.63) is 111 Å². The number of benzene rings is 3. The van der Waals surface area contributed by atoms with Crippen LogP contribution in [0.2, 0.25) is 5.02 Å². The Labute approximate surface area is 200 Å². The summed E-state index contributed by atoms with van der Waals surface area (Å²) in [6, 6.07) is 24.5. The quantitative estimate of drug-likeness (QED) is 0.168. The average Bonchev–Trinajstić information content (AvgIpc) is 3.18. The highest BCUT2D eigenvalue weighted by atomic mass is 35.5. The first-order valence-electron chi connectivity index (χ1n) is 10.2. The third kappa shape index (κ3) is 5.53. The fourth-order valence-corrected chi connectivity index (χ4v) is 4.80. The van der Waals surface area contributed by atoms with Gasteiger partial charge in [0.1, 0.15) is 23.4 Å². The van der Waals surface area contributed by atoms with Gasteiger partial charge in [-0.2, -0.15) is 0 Å². The van der Waals surface area contributed by atoms with Crippen molar-refractivity contribution in [1.29, 1.82) is 0 Å². The minimum absolute atomic E-state index is 0.256. The predicted molar refractivity (Wildman–Crippen MR) is 129 cm³/mol. The average molecular weight is 481 g/mol. The standard InChI is InChI=1S/C24H21ClN4O3S/c1-17-26-27-24(29(17)19-10-3-2-4-11-19)33-23(15-28(30)31)20-12-6-8-14-22(20)32-16-18-9-5-7-13-21(18)25/h2-14,23H,15-16H2,1H3/t23-/m0/s1. The van der Waals surface area contributed by atoms with Crippen LogP contribution in [0.4, 0.5) is 0 Å². The van der Waals surface area contributed by atoms with Crippen molar-refractivity contribution >= 4 is 23.4 Å². The molecule has 4 aromatic rings. The second-order valence-electron chi connectivity index (χ2n) is 7.24. The molecule has 0 aliphatic carbocycles. The molecule has 7 nitrogen and oxygen atoms in total. The zero-order valence-corrected chi connectivity index (χ0v) is 19.4. The van der Waals surface area contributed by atoms with Crippen molar-refractivity contribution in [2.24, 2.45) is 0 Å². The van der Waals surface area contributed by atoms with Crippen LogP contribution in [-0.2, 0) is 6.61 Å². The molecule has 0 fully saturated rings. The van der Waals surface area contributed by atoms with Crippen molar-refractivity contribution in [1.82, 2.24) is 14.8 Å². The third-order valence-corrected chi connectivity index (χ3v) is 6.51. The molecule has 3 aromatic carbocycles. The molecule has 0 bridgehead atoms. The second-order valence-corrected chi connectivity index (χ2v) is 8.82. The van der Waals surface area contributed by atoms with Gasteiger partial charge in [0.15, 0.2) is 5.16 Å². The Kier molecular flexibility index (Phi) is 7.26. The summed E-state index contributed by atoms with van der Waals surface area (Å²) in [5.41, 5.74) is 2.45. The van der Waals surface area contributed by atoms with Gasteiger partial charge in [0.25, 0.3) is 0 Å². The molecule has 0 unspecified atom stereocenters. The molecule has 168 valence electrons. The van der Waals surface area contributed by atoms with Crippen LogP contribution in [-0.4, -0.2) is 26.2 Å². The molecule has 1 aromatic heterocycles. The third-order valence-electron chi connectivity index (χ3n) is 4.98. The number of nitrogens with zero attached hydrogens (tertiary/aromatic N) is 4. The molecule has 0 amide bonds. The highest BCUT2D eigenvalue weighted by Gasteiger charge is 2.26. The Morgan fingerprint density at radius 2 is 1.73 bits per heavy atom. The number of hydrogen-bond donors (Lipinski definition) is 0. The highest BCUT2D eigenvalue weighted by Crippen LogP contribution is 2.40. The van der Waals surface area contributed by atoms with Crippen molar-refractivity contribution in [2.45, 2.75) is 23.9 Å². The number of nitro groups is 1. The van der Waals surface area contributed by atoms with Crippen LogP contribution in [0.3, 0.4) is 0 Å². The SMILES string of the molecule is Cc1nnc(S[C@@H](C[N+](=O)[O-])c2ccccc2OCc2ccccc2Cl)n1-c1ccccc1. The van der Waals surface area contributed by atoms with E-state index in [2.05, 4.69) is 10.2 Å². The van der Waals surface area contributed by atoms with Gasteiger partial charge >= 0.3 is 0 Å². The van der Waals surface area contributed by atoms with E-state index in [1.54, 1.807) is 6.07 Å². The monoisotopic (exact) mass is 480 g/mol. The lowest BCUT2D eigenvalue weighted by molar-refractivity contribution is -0.479. The van der Waals surface area contributed by atoms with E-state index in [0.29, 0.717) is 27.3 Å². The fourth-order valence-electron chi connectivity index (χ4n) is 3.40. The summed E-state index contributed by atoms with van der Waals surface area (Å²) in [5, 5.41) is 20.7. The van der Waals surface area contributed by atoms with Gasteiger partial charge < -0.3 is 4.74 Å². The molecule has 0 saturated heterocycles. The van der Waals surface area contributed by atoms with Crippen LogP contribution in [0.15, 0.2) is 84.0 Å². The van der Waals surface area contributed by atoms with Crippen molar-refractivity contribution < 1.29 is 9.66 Å². The van der Waals surface area contributed by atoms with Gasteiger partial charge in [-0.1, -0.05) is 78.0 Å². The summed E-state index contributed by atoms with van der Waals surface area (Å²) in [6.45, 7) is 1.82. The van der Waals surface area contributed by atoms with E-state index < -0.39 is 5.25 Å². The minimum atomic E-state index is -0.534. The van der Waals surface area contributed by atoms with E-state index in [4.69, 9.17) is 16.3 Å². The maximum Gasteiger partial charge on any atom is 0.220 e. The van der Waals surface area contributed by atoms with Gasteiger partial charge in [-0.05, 0) is 31.2 Å². The van der Waals surface area contributed by atoms with Crippen molar-refractivity contribution in [3.8, 4) is 11.4 Å². The number of aromatic nitrogens is 3. The van der Waals surface area contributed by atoms with Gasteiger partial charge in [-0.25, -0.2) is 0 Å². The molecule has 0 N–H and O–H groups in total. The molecule has 0 aliphatic rings. The van der Waals surface area contributed by atoms with Gasteiger partial charge in [0, 0.05) is 26.8 Å². The number of para-hydroxylation sites is 2. The van der Waals surface area contributed by atoms with E-state index in [-0.39, 0.29) is 18.1 Å². The summed E-state index contributed by atoms with van der Waals surface area (Å²) in [5.74, 6) is 1.27. The normalized spacial score (nSPS) is 11.8. The second kappa shape index (κ2) is 10.5. The molecule has 0 radical (unpaired) electrons. The van der Waals surface area contributed by atoms with Crippen LogP contribution >= 0.6 is 23.4 Å². The first-order chi connectivity index (χ1) is 16.0. The van der Waals surface area contributed by atoms with Crippen LogP contribution in [0.5, 0.6) is 5.75 Å². The molecule has 0 saturated carbocycles. The molecular weight excluding hydrogens is 460 g/mol. The summed E-state index contributed by atoms with van der Waals surface area (Å²) in [4.78, 5) is 11.2. The summed E-state index contributed by atoms with van der Waals surface area (Å²) >= 11 is 7.55. The summed E-state index contributed by atoms with van der Waals surface area (Å²) < 4.78 is 7.95. The van der Waals surface area contributed by atoms with Crippen LogP contribution in [0, 0.1) is 17.0 Å². The number of aryl methyl sites for hydroxylation is 1. The Morgan fingerprint density at radius 3 is 2.48 bits per heavy atom. The number of hydrogen-bond acceptors (Lipinski definition) is 6. The molecule has 0 aliphatic heterocycles. The lowest BCUT2D eigenvalue weighted by Gasteiger charge is -2.18. The Bertz CT molecular complexity index is 1250. The molecule has 9 heteroatoms. The van der Waals surface area contributed by atoms with Crippen molar-refractivity contribution in [3.63, 3.8) is 0 Å². The predicted octanol–water partition coefficient (Wildman–Crippen LogP) is 5.92. The van der Waals surface area contributed by atoms with Crippen LogP contribution in [0.1, 0.15) is 22.2 Å². The van der Waals surface area contributed by atoms with Gasteiger partial charge in [0.05, 0.1) is 0 Å². The molecule has 0 spiro atoms. The van der Waals surface area contributed by atoms with Gasteiger partial charge in [-0.3, -0.25) is 14.7 Å². The molecule has 4 rings (SSSR count). The first-order valence-corrected chi connectivity index (χ1v) is 11.5. The molecule has 1 atom stereocenters. The maximum atomic E-state index is 11.6. The topological polar surface area (TPSA) is 83.1 Å². The van der Waals surface area contributed by atoms with E-state index in [0.717, 1.165) is 11.3 Å². The fraction of sp³-hybridized carbons (Fsp3) is 0.167. The lowest BCUT2D eigenvalue weighted by Crippen LogP contribution is -2.12. The van der Waals surface area contributed by atoms with Gasteiger partial charge in [-0.15, -0.1) is 10.2 Å². The number of thioether (sulfide) groups is 1. The van der Waals surface area contributed by atoms with E-state index >= 15 is 0 Å². The minimum Gasteiger partial charge on any atom is -0.489 e. The van der Waals surface area contributed by atoms with Crippen LogP contribution < -0.4 is 4.74 Å². The molecule has 33 heavy (non-hydrogen) atoms. The molecule has 1 heterocycles. The highest BCUT2D eigenvalue weighted by molar-refractivity contribution is 7.99. The van der Waals surface area contributed by atoms with E-state index in [1.165, 1.54) is 11.8 Å². The zero-order chi connectivity index (χ0) is 23.2. The smallest absolute Gasteiger partial charge is 0.220 e. The van der Waals surface area contributed by atoms with E-state index in [9.17, 15) is 10.1 Å². The summed E-state index contributed by atoms with van der Waals surface area (Å²) in [6.07, 6.45) is 0. The zero-order valence-electron chi connectivity index (χ0n) is 17.8. The maximum absolute atomic E-state index is 11.6. The number of halogens is 1. The number of rotatable bonds is 9. The Morgan fingerprint density at radius 1 is 1.03 bits per heavy atom. The number of ether oxygens (including phenoxy) is 1. The van der Waals surface area contributed by atoms with Crippen molar-refractivity contribution in [2.75, 3.05) is 6.54 Å².